The molecule has 0 radical (unpaired) electrons. The second-order valence-corrected chi connectivity index (χ2v) is 9.23. The van der Waals surface area contributed by atoms with Crippen molar-refractivity contribution in [1.82, 2.24) is 20.2 Å². The summed E-state index contributed by atoms with van der Waals surface area (Å²) in [6.07, 6.45) is 3.10. The molecule has 0 fully saturated rings. The molecule has 2 heterocycles. The number of hydrogen-bond donors (Lipinski definition) is 1. The number of phenolic OH excluding ortho intramolecular Hbond substituents is 1. The van der Waals surface area contributed by atoms with Gasteiger partial charge in [-0.15, -0.1) is 40.5 Å². The van der Waals surface area contributed by atoms with E-state index in [1.165, 1.54) is 17.5 Å². The molecule has 1 N–H and O–H groups in total. The molecule has 6 aromatic rings. The van der Waals surface area contributed by atoms with Crippen molar-refractivity contribution < 1.29 is 26.2 Å². The van der Waals surface area contributed by atoms with Gasteiger partial charge in [0.15, 0.2) is 0 Å². The van der Waals surface area contributed by atoms with Crippen LogP contribution < -0.4 is 0 Å². The molecule has 1 aliphatic carbocycles. The smallest absolute Gasteiger partial charge is 0.128 e. The third-order valence-electron chi connectivity index (χ3n) is 7.24. The third-order valence-corrected chi connectivity index (χ3v) is 7.24. The Morgan fingerprint density at radius 3 is 1.97 bits per heavy atom. The molecule has 0 saturated heterocycles. The summed E-state index contributed by atoms with van der Waals surface area (Å²) in [5.74, 6) is 0.197. The van der Waals surface area contributed by atoms with Crippen molar-refractivity contribution in [3.63, 3.8) is 0 Å². The quantitative estimate of drug-likeness (QED) is 0.216. The number of benzene rings is 4. The summed E-state index contributed by atoms with van der Waals surface area (Å²) in [4.78, 5) is 9.63. The minimum absolute atomic E-state index is 0. The van der Waals surface area contributed by atoms with Crippen molar-refractivity contribution in [2.75, 3.05) is 0 Å². The summed E-state index contributed by atoms with van der Waals surface area (Å²) >= 11 is 0. The Kier molecular flexibility index (Phi) is 6.38. The minimum atomic E-state index is -0.732. The standard InChI is InChI=1S/C33H21N4O.Pt/c38-31-17-6-3-13-26(31)29-16-8-18-32(37-29)33(23-10-7-9-22(19-23)30-20-35-36-21-34-30)27-14-4-1-11-24(27)25-12-2-5-15-28(25)33;/h1-18,20-21,38H;/q-1;. The van der Waals surface area contributed by atoms with Gasteiger partial charge in [-0.2, -0.15) is 5.10 Å². The van der Waals surface area contributed by atoms with Gasteiger partial charge in [0, 0.05) is 38.5 Å². The maximum absolute atomic E-state index is 10.6. The Hall–Kier alpha value is -4.47. The Balaban J connectivity index is 0.00000277. The average molecular weight is 685 g/mol. The molecular formula is C33H21N4OPt-. The summed E-state index contributed by atoms with van der Waals surface area (Å²) in [6.45, 7) is 0. The van der Waals surface area contributed by atoms with Crippen LogP contribution in [0.25, 0.3) is 33.6 Å². The van der Waals surface area contributed by atoms with E-state index in [9.17, 15) is 5.11 Å². The third kappa shape index (κ3) is 3.89. The fraction of sp³-hybridized carbons (Fsp3) is 0.0303. The van der Waals surface area contributed by atoms with Crippen LogP contribution in [0, 0.1) is 6.07 Å². The molecule has 5 nitrogen and oxygen atoms in total. The topological polar surface area (TPSA) is 71.8 Å². The van der Waals surface area contributed by atoms with Crippen molar-refractivity contribution in [3.8, 4) is 39.4 Å². The Morgan fingerprint density at radius 1 is 0.615 bits per heavy atom. The monoisotopic (exact) mass is 684 g/mol. The molecule has 0 amide bonds. The van der Waals surface area contributed by atoms with Crippen LogP contribution in [0.3, 0.4) is 0 Å². The summed E-state index contributed by atoms with van der Waals surface area (Å²) < 4.78 is 0. The molecule has 6 heteroatoms. The van der Waals surface area contributed by atoms with Crippen molar-refractivity contribution in [3.05, 3.63) is 150 Å². The van der Waals surface area contributed by atoms with E-state index in [2.05, 4.69) is 81.9 Å². The number of aromatic hydroxyl groups is 1. The van der Waals surface area contributed by atoms with Gasteiger partial charge in [0.25, 0.3) is 0 Å². The number of fused-ring (bicyclic) bond motifs is 3. The van der Waals surface area contributed by atoms with Gasteiger partial charge in [0.05, 0.1) is 16.8 Å². The molecule has 39 heavy (non-hydrogen) atoms. The summed E-state index contributed by atoms with van der Waals surface area (Å²) in [6, 6.07) is 40.1. The second-order valence-electron chi connectivity index (χ2n) is 9.23. The van der Waals surface area contributed by atoms with Crippen molar-refractivity contribution in [1.29, 1.82) is 0 Å². The maximum atomic E-state index is 10.6. The van der Waals surface area contributed by atoms with E-state index in [1.807, 2.05) is 42.5 Å². The maximum Gasteiger partial charge on any atom is 0.128 e. The minimum Gasteiger partial charge on any atom is -0.507 e. The molecule has 0 atom stereocenters. The van der Waals surface area contributed by atoms with Crippen LogP contribution in [-0.4, -0.2) is 25.3 Å². The fourth-order valence-corrected chi connectivity index (χ4v) is 5.64. The molecule has 0 aliphatic heterocycles. The summed E-state index contributed by atoms with van der Waals surface area (Å²) in [5.41, 5.74) is 8.60. The van der Waals surface area contributed by atoms with E-state index >= 15 is 0 Å². The molecule has 4 aromatic carbocycles. The fourth-order valence-electron chi connectivity index (χ4n) is 5.64. The van der Waals surface area contributed by atoms with E-state index in [1.54, 1.807) is 12.3 Å². The summed E-state index contributed by atoms with van der Waals surface area (Å²) in [5, 5.41) is 18.5. The molecule has 7 rings (SSSR count). The van der Waals surface area contributed by atoms with Gasteiger partial charge in [0.1, 0.15) is 12.1 Å². The van der Waals surface area contributed by atoms with Crippen molar-refractivity contribution >= 4 is 0 Å². The first kappa shape index (κ1) is 24.8. The van der Waals surface area contributed by atoms with Crippen LogP contribution >= 0.6 is 0 Å². The predicted octanol–water partition coefficient (Wildman–Crippen LogP) is 6.47. The van der Waals surface area contributed by atoms with Gasteiger partial charge in [-0.1, -0.05) is 66.7 Å². The number of hydrogen-bond acceptors (Lipinski definition) is 5. The number of para-hydroxylation sites is 1. The number of rotatable bonds is 4. The Bertz CT molecular complexity index is 1760. The van der Waals surface area contributed by atoms with E-state index < -0.39 is 5.41 Å². The first-order valence-electron chi connectivity index (χ1n) is 12.4. The Morgan fingerprint density at radius 2 is 1.28 bits per heavy atom. The molecule has 2 aromatic heterocycles. The number of aromatic nitrogens is 4. The van der Waals surface area contributed by atoms with Crippen molar-refractivity contribution in [2.24, 2.45) is 0 Å². The van der Waals surface area contributed by atoms with E-state index in [0.717, 1.165) is 27.9 Å². The van der Waals surface area contributed by atoms with Gasteiger partial charge in [-0.25, -0.2) is 0 Å². The number of pyridine rings is 1. The van der Waals surface area contributed by atoms with Gasteiger partial charge in [0.2, 0.25) is 0 Å². The summed E-state index contributed by atoms with van der Waals surface area (Å²) in [7, 11) is 0. The van der Waals surface area contributed by atoms with Crippen LogP contribution in [0.15, 0.2) is 122 Å². The number of phenols is 1. The molecule has 0 saturated carbocycles. The van der Waals surface area contributed by atoms with Gasteiger partial charge < -0.3 is 5.11 Å². The van der Waals surface area contributed by atoms with E-state index in [-0.39, 0.29) is 26.8 Å². The molecule has 190 valence electrons. The molecule has 0 unspecified atom stereocenters. The van der Waals surface area contributed by atoms with Crippen LogP contribution in [0.5, 0.6) is 5.75 Å². The van der Waals surface area contributed by atoms with E-state index in [4.69, 9.17) is 4.98 Å². The van der Waals surface area contributed by atoms with Crippen LogP contribution in [-0.2, 0) is 26.5 Å². The van der Waals surface area contributed by atoms with Gasteiger partial charge in [-0.3, -0.25) is 9.97 Å². The van der Waals surface area contributed by atoms with Crippen LogP contribution in [0.2, 0.25) is 0 Å². The molecular weight excluding hydrogens is 663 g/mol. The average Bonchev–Trinajstić information content (AvgIpc) is 3.29. The zero-order valence-electron chi connectivity index (χ0n) is 20.6. The van der Waals surface area contributed by atoms with E-state index in [0.29, 0.717) is 17.0 Å². The zero-order valence-corrected chi connectivity index (χ0v) is 22.9. The first-order chi connectivity index (χ1) is 18.8. The second kappa shape index (κ2) is 10.0. The zero-order chi connectivity index (χ0) is 25.5. The molecule has 1 aliphatic rings. The largest absolute Gasteiger partial charge is 0.507 e. The number of nitrogens with zero attached hydrogens (tertiary/aromatic N) is 4. The van der Waals surface area contributed by atoms with Crippen molar-refractivity contribution in [2.45, 2.75) is 5.41 Å². The predicted molar refractivity (Wildman–Crippen MR) is 146 cm³/mol. The van der Waals surface area contributed by atoms with Gasteiger partial charge >= 0.3 is 0 Å². The Labute approximate surface area is 240 Å². The van der Waals surface area contributed by atoms with Crippen LogP contribution in [0.4, 0.5) is 0 Å². The normalized spacial score (nSPS) is 12.7. The first-order valence-corrected chi connectivity index (χ1v) is 12.4. The van der Waals surface area contributed by atoms with Gasteiger partial charge in [-0.05, 0) is 46.5 Å². The molecule has 0 bridgehead atoms. The SMILES string of the molecule is Oc1ccccc1-c1cccc(C2(c3[c-]c(-c4cnncn4)ccc3)c3ccccc3-c3ccccc32)n1.[Pt]. The molecule has 0 spiro atoms. The van der Waals surface area contributed by atoms with Crippen LogP contribution in [0.1, 0.15) is 22.4 Å².